The van der Waals surface area contributed by atoms with Crippen molar-refractivity contribution < 1.29 is 14.4 Å². The molecule has 0 radical (unpaired) electrons. The third kappa shape index (κ3) is 3.81. The van der Waals surface area contributed by atoms with Crippen LogP contribution < -0.4 is 0 Å². The summed E-state index contributed by atoms with van der Waals surface area (Å²) in [6.45, 7) is 16.5. The molecule has 0 amide bonds. The van der Waals surface area contributed by atoms with Crippen LogP contribution in [0.25, 0.3) is 0 Å². The van der Waals surface area contributed by atoms with Gasteiger partial charge in [-0.15, -0.1) is 11.6 Å². The van der Waals surface area contributed by atoms with Crippen molar-refractivity contribution in [1.29, 1.82) is 0 Å². The van der Waals surface area contributed by atoms with Gasteiger partial charge in [0.05, 0.1) is 0 Å². The van der Waals surface area contributed by atoms with E-state index in [1.54, 1.807) is 0 Å². The SMILES string of the molecule is C=C(C=O)C12CCC(=O)C1=C(C)C(C)CC2.C=C(CCl)C12CCC(=O)C1=C(C)C(C)CC2. The highest BCUT2D eigenvalue weighted by atomic mass is 35.5. The second-order valence-corrected chi connectivity index (χ2v) is 10.7. The molecule has 4 rings (SSSR count). The Morgan fingerprint density at radius 3 is 1.81 bits per heavy atom. The van der Waals surface area contributed by atoms with Crippen LogP contribution in [0.4, 0.5) is 0 Å². The first-order valence-corrected chi connectivity index (χ1v) is 12.5. The average Bonchev–Trinajstić information content (AvgIpc) is 3.32. The molecule has 4 atom stereocenters. The van der Waals surface area contributed by atoms with Crippen LogP contribution in [0.1, 0.15) is 79.1 Å². The number of allylic oxidation sites excluding steroid dienone is 6. The van der Waals surface area contributed by atoms with Crippen molar-refractivity contribution in [2.75, 3.05) is 5.88 Å². The predicted molar refractivity (Wildman–Crippen MR) is 131 cm³/mol. The maximum atomic E-state index is 12.0. The van der Waals surface area contributed by atoms with E-state index >= 15 is 0 Å². The van der Waals surface area contributed by atoms with E-state index in [4.69, 9.17) is 11.6 Å². The third-order valence-electron chi connectivity index (χ3n) is 8.94. The first kappa shape index (κ1) is 24.9. The molecule has 2 saturated carbocycles. The van der Waals surface area contributed by atoms with Crippen molar-refractivity contribution in [1.82, 2.24) is 0 Å². The summed E-state index contributed by atoms with van der Waals surface area (Å²) in [6, 6.07) is 0. The van der Waals surface area contributed by atoms with E-state index in [1.807, 2.05) is 6.92 Å². The molecule has 0 heterocycles. The number of rotatable bonds is 4. The van der Waals surface area contributed by atoms with Crippen molar-refractivity contribution in [2.45, 2.75) is 79.1 Å². The Bertz CT molecular complexity index is 936. The second kappa shape index (κ2) is 9.25. The molecule has 4 aliphatic rings. The molecule has 0 aliphatic heterocycles. The van der Waals surface area contributed by atoms with Crippen LogP contribution in [0.3, 0.4) is 0 Å². The highest BCUT2D eigenvalue weighted by Crippen LogP contribution is 2.56. The minimum Gasteiger partial charge on any atom is -0.298 e. The first-order valence-electron chi connectivity index (χ1n) is 11.9. The Morgan fingerprint density at radius 1 is 0.906 bits per heavy atom. The molecular weight excluding hydrogens is 420 g/mol. The van der Waals surface area contributed by atoms with Gasteiger partial charge in [-0.05, 0) is 69.8 Å². The Hall–Kier alpha value is -1.74. The van der Waals surface area contributed by atoms with E-state index in [0.717, 1.165) is 61.5 Å². The van der Waals surface area contributed by atoms with Crippen molar-refractivity contribution in [3.8, 4) is 0 Å². The van der Waals surface area contributed by atoms with E-state index in [2.05, 4.69) is 33.9 Å². The molecule has 0 aromatic carbocycles. The largest absolute Gasteiger partial charge is 0.298 e. The Kier molecular flexibility index (Phi) is 7.20. The number of carbonyl (C=O) groups is 3. The van der Waals surface area contributed by atoms with Gasteiger partial charge in [-0.3, -0.25) is 14.4 Å². The summed E-state index contributed by atoms with van der Waals surface area (Å²) < 4.78 is 0. The Balaban J connectivity index is 0.000000181. The van der Waals surface area contributed by atoms with Gasteiger partial charge in [-0.25, -0.2) is 0 Å². The van der Waals surface area contributed by atoms with E-state index < -0.39 is 0 Å². The van der Waals surface area contributed by atoms with Gasteiger partial charge in [-0.2, -0.15) is 0 Å². The number of Topliss-reactive ketones (excluding diaryl/α,β-unsaturated/α-hetero) is 2. The van der Waals surface area contributed by atoms with Crippen molar-refractivity contribution in [3.63, 3.8) is 0 Å². The number of hydrogen-bond donors (Lipinski definition) is 0. The molecule has 0 bridgehead atoms. The normalized spacial score (nSPS) is 34.0. The van der Waals surface area contributed by atoms with Gasteiger partial charge in [-0.1, -0.05) is 43.7 Å². The highest BCUT2D eigenvalue weighted by molar-refractivity contribution is 6.19. The zero-order valence-corrected chi connectivity index (χ0v) is 20.9. The lowest BCUT2D eigenvalue weighted by Gasteiger charge is -2.39. The number of halogens is 1. The standard InChI is InChI=1S/C14H19ClO.C14H18O2/c2*1-9-4-6-14(10(2)8-15)7-5-12(16)13(14)11(9)3/h9H,2,4-8H2,1,3H3;8-9H,2,4-7H2,1,3H3. The molecule has 0 N–H and O–H groups in total. The van der Waals surface area contributed by atoms with E-state index in [-0.39, 0.29) is 16.6 Å². The number of hydrogen-bond acceptors (Lipinski definition) is 3. The zero-order chi connectivity index (χ0) is 23.8. The molecular formula is C28H37ClO3. The molecule has 4 heteroatoms. The number of ketones is 2. The molecule has 174 valence electrons. The molecule has 3 nitrogen and oxygen atoms in total. The summed E-state index contributed by atoms with van der Waals surface area (Å²) in [5, 5.41) is 0. The summed E-state index contributed by atoms with van der Waals surface area (Å²) >= 11 is 5.95. The lowest BCUT2D eigenvalue weighted by molar-refractivity contribution is -0.115. The van der Waals surface area contributed by atoms with Gasteiger partial charge in [0.15, 0.2) is 11.6 Å². The number of aldehydes is 1. The van der Waals surface area contributed by atoms with Crippen LogP contribution in [0.5, 0.6) is 0 Å². The van der Waals surface area contributed by atoms with Crippen LogP contribution in [-0.4, -0.2) is 23.7 Å². The van der Waals surface area contributed by atoms with Crippen molar-refractivity contribution in [2.24, 2.45) is 22.7 Å². The molecule has 32 heavy (non-hydrogen) atoms. The number of carbonyl (C=O) groups excluding carboxylic acids is 3. The van der Waals surface area contributed by atoms with Crippen LogP contribution in [0.15, 0.2) is 46.6 Å². The predicted octanol–water partition coefficient (Wildman–Crippen LogP) is 6.71. The van der Waals surface area contributed by atoms with Gasteiger partial charge in [0.2, 0.25) is 0 Å². The highest BCUT2D eigenvalue weighted by Gasteiger charge is 2.49. The smallest absolute Gasteiger partial charge is 0.159 e. The maximum Gasteiger partial charge on any atom is 0.159 e. The monoisotopic (exact) mass is 456 g/mol. The maximum absolute atomic E-state index is 12.0. The van der Waals surface area contributed by atoms with Gasteiger partial charge >= 0.3 is 0 Å². The fraction of sp³-hybridized carbons (Fsp3) is 0.607. The molecule has 0 spiro atoms. The van der Waals surface area contributed by atoms with E-state index in [1.165, 1.54) is 11.1 Å². The van der Waals surface area contributed by atoms with Crippen LogP contribution in [0, 0.1) is 22.7 Å². The number of fused-ring (bicyclic) bond motifs is 2. The van der Waals surface area contributed by atoms with Gasteiger partial charge in [0.25, 0.3) is 0 Å². The Labute approximate surface area is 198 Å². The summed E-state index contributed by atoms with van der Waals surface area (Å²) in [4.78, 5) is 35.0. The Morgan fingerprint density at radius 2 is 1.34 bits per heavy atom. The lowest BCUT2D eigenvalue weighted by atomic mass is 9.65. The third-order valence-corrected chi connectivity index (χ3v) is 9.27. The van der Waals surface area contributed by atoms with Crippen molar-refractivity contribution >= 4 is 29.5 Å². The average molecular weight is 457 g/mol. The fourth-order valence-corrected chi connectivity index (χ4v) is 6.74. The molecule has 4 aliphatic carbocycles. The fourth-order valence-electron chi connectivity index (χ4n) is 6.49. The summed E-state index contributed by atoms with van der Waals surface area (Å²) in [5.74, 6) is 2.03. The van der Waals surface area contributed by atoms with Crippen molar-refractivity contribution in [3.05, 3.63) is 46.6 Å². The summed E-state index contributed by atoms with van der Waals surface area (Å²) in [5.41, 5.74) is 5.67. The molecule has 0 saturated heterocycles. The number of alkyl halides is 1. The summed E-state index contributed by atoms with van der Waals surface area (Å²) in [7, 11) is 0. The topological polar surface area (TPSA) is 51.2 Å². The van der Waals surface area contributed by atoms with Gasteiger partial charge < -0.3 is 0 Å². The second-order valence-electron chi connectivity index (χ2n) is 10.4. The molecule has 4 unspecified atom stereocenters. The summed E-state index contributed by atoms with van der Waals surface area (Å²) in [6.07, 6.45) is 7.96. The molecule has 0 aromatic heterocycles. The quantitative estimate of drug-likeness (QED) is 0.204. The van der Waals surface area contributed by atoms with Crippen LogP contribution in [-0.2, 0) is 14.4 Å². The zero-order valence-electron chi connectivity index (χ0n) is 20.1. The van der Waals surface area contributed by atoms with Gasteiger partial charge in [0.1, 0.15) is 6.29 Å². The van der Waals surface area contributed by atoms with Crippen LogP contribution in [0.2, 0.25) is 0 Å². The van der Waals surface area contributed by atoms with Gasteiger partial charge in [0, 0.05) is 40.7 Å². The molecule has 0 aromatic rings. The lowest BCUT2D eigenvalue weighted by Crippen LogP contribution is -2.30. The van der Waals surface area contributed by atoms with E-state index in [9.17, 15) is 14.4 Å². The molecule has 2 fully saturated rings. The van der Waals surface area contributed by atoms with E-state index in [0.29, 0.717) is 41.9 Å². The van der Waals surface area contributed by atoms with Crippen LogP contribution >= 0.6 is 11.6 Å². The first-order chi connectivity index (χ1) is 15.1. The minimum atomic E-state index is -0.310. The minimum absolute atomic E-state index is 0.0740.